The van der Waals surface area contributed by atoms with Crippen LogP contribution in [0, 0.1) is 0 Å². The van der Waals surface area contributed by atoms with Crippen molar-refractivity contribution in [3.05, 3.63) is 94.5 Å². The van der Waals surface area contributed by atoms with Gasteiger partial charge in [0.1, 0.15) is 5.75 Å². The van der Waals surface area contributed by atoms with Gasteiger partial charge in [0.05, 0.1) is 17.7 Å². The first-order valence-electron chi connectivity index (χ1n) is 10.9. The van der Waals surface area contributed by atoms with Gasteiger partial charge in [0.25, 0.3) is 11.8 Å². The number of amides is 4. The van der Waals surface area contributed by atoms with Gasteiger partial charge in [-0.15, -0.1) is 0 Å². The van der Waals surface area contributed by atoms with Crippen LogP contribution >= 0.6 is 11.6 Å². The quantitative estimate of drug-likeness (QED) is 0.453. The summed E-state index contributed by atoms with van der Waals surface area (Å²) in [4.78, 5) is 37.5. The van der Waals surface area contributed by atoms with Crippen LogP contribution in [0.3, 0.4) is 0 Å². The van der Waals surface area contributed by atoms with E-state index in [0.29, 0.717) is 22.6 Å². The minimum Gasteiger partial charge on any atom is -0.489 e. The molecule has 0 aliphatic carbocycles. The molecule has 182 valence electrons. The van der Waals surface area contributed by atoms with Crippen molar-refractivity contribution < 1.29 is 19.1 Å². The van der Waals surface area contributed by atoms with Crippen molar-refractivity contribution in [1.82, 2.24) is 10.0 Å². The number of anilines is 1. The summed E-state index contributed by atoms with van der Waals surface area (Å²) in [5, 5.41) is 5.36. The zero-order chi connectivity index (χ0) is 25.5. The lowest BCUT2D eigenvalue weighted by Gasteiger charge is -2.30. The largest absolute Gasteiger partial charge is 0.489 e. The number of ether oxygens (including phenoxy) is 1. The van der Waals surface area contributed by atoms with E-state index in [1.165, 1.54) is 13.1 Å². The van der Waals surface area contributed by atoms with Gasteiger partial charge in [-0.1, -0.05) is 41.9 Å². The van der Waals surface area contributed by atoms with E-state index in [1.807, 2.05) is 19.9 Å². The van der Waals surface area contributed by atoms with Crippen molar-refractivity contribution in [2.45, 2.75) is 26.5 Å². The Labute approximate surface area is 209 Å². The van der Waals surface area contributed by atoms with Gasteiger partial charge in [-0.3, -0.25) is 9.59 Å². The summed E-state index contributed by atoms with van der Waals surface area (Å²) in [7, 11) is 1.45. The molecule has 3 aromatic rings. The molecule has 4 amide bonds. The maximum atomic E-state index is 13.0. The lowest BCUT2D eigenvalue weighted by Crippen LogP contribution is -2.49. The van der Waals surface area contributed by atoms with Gasteiger partial charge in [0.15, 0.2) is 0 Å². The normalized spacial score (nSPS) is 10.5. The monoisotopic (exact) mass is 494 g/mol. The SMILES string of the molecule is CC(C)Oc1ccc(C(=O)N(C)N(Cc2ccc(NC(=O)c3ccccc3)cc2)C(N)=O)cc1Cl. The molecule has 0 saturated carbocycles. The molecular formula is C26H27ClN4O4. The van der Waals surface area contributed by atoms with E-state index < -0.39 is 11.9 Å². The zero-order valence-electron chi connectivity index (χ0n) is 19.7. The summed E-state index contributed by atoms with van der Waals surface area (Å²) >= 11 is 6.25. The van der Waals surface area contributed by atoms with Crippen LogP contribution in [-0.2, 0) is 6.54 Å². The van der Waals surface area contributed by atoms with E-state index in [-0.39, 0.29) is 29.1 Å². The number of carbonyl (C=O) groups is 3. The fraction of sp³-hybridized carbons (Fsp3) is 0.192. The molecule has 9 heteroatoms. The number of nitrogens with zero attached hydrogens (tertiary/aromatic N) is 2. The van der Waals surface area contributed by atoms with Crippen LogP contribution in [0.4, 0.5) is 10.5 Å². The predicted octanol–water partition coefficient (Wildman–Crippen LogP) is 4.95. The number of nitrogens with one attached hydrogen (secondary N) is 1. The minimum atomic E-state index is -0.798. The molecule has 3 rings (SSSR count). The number of rotatable bonds is 7. The molecule has 8 nitrogen and oxygen atoms in total. The molecule has 0 aliphatic heterocycles. The highest BCUT2D eigenvalue weighted by atomic mass is 35.5. The molecular weight excluding hydrogens is 468 g/mol. The van der Waals surface area contributed by atoms with Gasteiger partial charge < -0.3 is 15.8 Å². The van der Waals surface area contributed by atoms with E-state index >= 15 is 0 Å². The van der Waals surface area contributed by atoms with Crippen molar-refractivity contribution in [3.63, 3.8) is 0 Å². The lowest BCUT2D eigenvalue weighted by molar-refractivity contribution is 0.0257. The van der Waals surface area contributed by atoms with Crippen LogP contribution in [-0.4, -0.2) is 41.0 Å². The predicted molar refractivity (Wildman–Crippen MR) is 135 cm³/mol. The second-order valence-electron chi connectivity index (χ2n) is 8.05. The molecule has 35 heavy (non-hydrogen) atoms. The number of nitrogens with two attached hydrogens (primary N) is 1. The van der Waals surface area contributed by atoms with Gasteiger partial charge in [-0.05, 0) is 61.9 Å². The van der Waals surface area contributed by atoms with Gasteiger partial charge in [-0.2, -0.15) is 0 Å². The van der Waals surface area contributed by atoms with Crippen LogP contribution in [0.5, 0.6) is 5.75 Å². The first kappa shape index (κ1) is 25.6. The molecule has 0 aromatic heterocycles. The first-order chi connectivity index (χ1) is 16.7. The molecule has 0 radical (unpaired) electrons. The third-order valence-corrected chi connectivity index (χ3v) is 5.33. The van der Waals surface area contributed by atoms with Crippen LogP contribution in [0.25, 0.3) is 0 Å². The molecule has 0 fully saturated rings. The van der Waals surface area contributed by atoms with Gasteiger partial charge in [-0.25, -0.2) is 14.8 Å². The van der Waals surface area contributed by atoms with Crippen LogP contribution < -0.4 is 15.8 Å². The van der Waals surface area contributed by atoms with Crippen molar-refractivity contribution >= 4 is 35.1 Å². The molecule has 0 bridgehead atoms. The number of benzene rings is 3. The van der Waals surface area contributed by atoms with E-state index in [9.17, 15) is 14.4 Å². The minimum absolute atomic E-state index is 0.0484. The molecule has 0 heterocycles. The molecule has 0 atom stereocenters. The number of urea groups is 1. The van der Waals surface area contributed by atoms with Crippen molar-refractivity contribution in [3.8, 4) is 5.75 Å². The van der Waals surface area contributed by atoms with E-state index in [0.717, 1.165) is 10.0 Å². The molecule has 0 spiro atoms. The number of primary amides is 1. The third kappa shape index (κ3) is 6.74. The van der Waals surface area contributed by atoms with Crippen LogP contribution in [0.15, 0.2) is 72.8 Å². The second kappa shape index (κ2) is 11.4. The molecule has 3 N–H and O–H groups in total. The molecule has 0 saturated heterocycles. The van der Waals surface area contributed by atoms with Gasteiger partial charge in [0, 0.05) is 23.9 Å². The maximum Gasteiger partial charge on any atom is 0.334 e. The van der Waals surface area contributed by atoms with Gasteiger partial charge >= 0.3 is 6.03 Å². The Balaban J connectivity index is 1.69. The van der Waals surface area contributed by atoms with Crippen molar-refractivity contribution in [2.75, 3.05) is 12.4 Å². The van der Waals surface area contributed by atoms with Crippen LogP contribution in [0.1, 0.15) is 40.1 Å². The fourth-order valence-electron chi connectivity index (χ4n) is 3.27. The van der Waals surface area contributed by atoms with Gasteiger partial charge in [0.2, 0.25) is 0 Å². The summed E-state index contributed by atoms with van der Waals surface area (Å²) in [5.41, 5.74) is 7.68. The van der Waals surface area contributed by atoms with Crippen LogP contribution in [0.2, 0.25) is 5.02 Å². The Morgan fingerprint density at radius 3 is 2.20 bits per heavy atom. The first-order valence-corrected chi connectivity index (χ1v) is 11.3. The Hall–Kier alpha value is -4.04. The number of hydrogen-bond donors (Lipinski definition) is 2. The second-order valence-corrected chi connectivity index (χ2v) is 8.46. The molecule has 0 unspecified atom stereocenters. The fourth-order valence-corrected chi connectivity index (χ4v) is 3.50. The Morgan fingerprint density at radius 1 is 0.971 bits per heavy atom. The highest BCUT2D eigenvalue weighted by Gasteiger charge is 2.23. The number of hydrazine groups is 1. The van der Waals surface area contributed by atoms with E-state index in [1.54, 1.807) is 60.7 Å². The Morgan fingerprint density at radius 2 is 1.63 bits per heavy atom. The van der Waals surface area contributed by atoms with Crippen molar-refractivity contribution in [2.24, 2.45) is 5.73 Å². The Bertz CT molecular complexity index is 1200. The average molecular weight is 495 g/mol. The summed E-state index contributed by atoms with van der Waals surface area (Å²) in [6.45, 7) is 3.79. The lowest BCUT2D eigenvalue weighted by atomic mass is 10.1. The summed E-state index contributed by atoms with van der Waals surface area (Å²) in [5.74, 6) is -0.230. The molecule has 3 aromatic carbocycles. The Kier molecular flexibility index (Phi) is 8.33. The standard InChI is InChI=1S/C26H27ClN4O4/c1-17(2)35-23-14-11-20(15-22(23)27)25(33)30(3)31(26(28)34)16-18-9-12-21(13-10-18)29-24(32)19-7-5-4-6-8-19/h4-15,17H,16H2,1-3H3,(H2,28,34)(H,29,32). The highest BCUT2D eigenvalue weighted by molar-refractivity contribution is 6.32. The highest BCUT2D eigenvalue weighted by Crippen LogP contribution is 2.27. The topological polar surface area (TPSA) is 105 Å². The number of halogens is 1. The smallest absolute Gasteiger partial charge is 0.334 e. The van der Waals surface area contributed by atoms with E-state index in [4.69, 9.17) is 22.1 Å². The van der Waals surface area contributed by atoms with E-state index in [2.05, 4.69) is 5.32 Å². The molecule has 0 aliphatic rings. The summed E-state index contributed by atoms with van der Waals surface area (Å²) in [6, 6.07) is 19.6. The third-order valence-electron chi connectivity index (χ3n) is 5.03. The zero-order valence-corrected chi connectivity index (χ0v) is 20.5. The summed E-state index contributed by atoms with van der Waals surface area (Å²) < 4.78 is 5.60. The average Bonchev–Trinajstić information content (AvgIpc) is 2.84. The maximum absolute atomic E-state index is 13.0. The number of hydrogen-bond acceptors (Lipinski definition) is 4. The van der Waals surface area contributed by atoms with Crippen molar-refractivity contribution in [1.29, 1.82) is 0 Å². The summed E-state index contributed by atoms with van der Waals surface area (Å²) in [6.07, 6.45) is -0.0693. The number of carbonyl (C=O) groups excluding carboxylic acids is 3.